The van der Waals surface area contributed by atoms with Crippen LogP contribution in [-0.4, -0.2) is 12.6 Å². The van der Waals surface area contributed by atoms with E-state index in [4.69, 9.17) is 10.00 Å². The van der Waals surface area contributed by atoms with E-state index in [2.05, 4.69) is 34.6 Å². The molecule has 0 unspecified atom stereocenters. The minimum absolute atomic E-state index is 0.315. The van der Waals surface area contributed by atoms with Gasteiger partial charge in [0.05, 0.1) is 23.8 Å². The number of nitriles is 1. The van der Waals surface area contributed by atoms with E-state index in [1.54, 1.807) is 19.1 Å². The van der Waals surface area contributed by atoms with E-state index in [0.717, 1.165) is 5.56 Å². The van der Waals surface area contributed by atoms with E-state index in [1.165, 1.54) is 0 Å². The second-order valence-electron chi connectivity index (χ2n) is 2.99. The van der Waals surface area contributed by atoms with Crippen molar-refractivity contribution in [2.75, 3.05) is 6.61 Å². The summed E-state index contributed by atoms with van der Waals surface area (Å²) in [4.78, 5) is 12.0. The second-order valence-corrected chi connectivity index (χ2v) is 4.03. The van der Waals surface area contributed by atoms with Crippen molar-refractivity contribution in [2.45, 2.75) is 17.1 Å². The van der Waals surface area contributed by atoms with E-state index in [-0.39, 0.29) is 0 Å². The topological polar surface area (TPSA) is 50.1 Å². The highest BCUT2D eigenvalue weighted by Gasteiger charge is 2.14. The first-order valence-electron chi connectivity index (χ1n) is 4.63. The molecule has 3 nitrogen and oxygen atoms in total. The van der Waals surface area contributed by atoms with Gasteiger partial charge in [-0.2, -0.15) is 5.26 Å². The molecular weight excluding hydrogens is 290 g/mol. The number of benzene rings is 1. The number of nitrogens with zero attached hydrogens (tertiary/aromatic N) is 1. The van der Waals surface area contributed by atoms with E-state index in [1.807, 2.05) is 0 Å². The van der Waals surface area contributed by atoms with Crippen molar-refractivity contribution in [2.24, 2.45) is 0 Å². The van der Waals surface area contributed by atoms with E-state index < -0.39 is 5.97 Å². The van der Waals surface area contributed by atoms with Gasteiger partial charge in [-0.15, -0.1) is 12.6 Å². The molecule has 0 aromatic heterocycles. The zero-order chi connectivity index (χ0) is 12.1. The summed E-state index contributed by atoms with van der Waals surface area (Å²) in [5.74, 6) is -0.417. The molecule has 0 N–H and O–H groups in total. The quantitative estimate of drug-likeness (QED) is 0.530. The number of thiol groups is 1. The molecule has 1 aromatic rings. The molecule has 1 rings (SSSR count). The zero-order valence-electron chi connectivity index (χ0n) is 8.66. The van der Waals surface area contributed by atoms with Crippen LogP contribution in [0.5, 0.6) is 0 Å². The van der Waals surface area contributed by atoms with Crippen molar-refractivity contribution in [3.63, 3.8) is 0 Å². The summed E-state index contributed by atoms with van der Waals surface area (Å²) in [6.07, 6.45) is 0. The maximum atomic E-state index is 11.6. The third-order valence-electron chi connectivity index (χ3n) is 1.98. The Hall–Kier alpha value is -0.990. The lowest BCUT2D eigenvalue weighted by Gasteiger charge is -2.08. The molecule has 1 aromatic carbocycles. The lowest BCUT2D eigenvalue weighted by Crippen LogP contribution is -2.07. The minimum Gasteiger partial charge on any atom is -0.462 e. The highest BCUT2D eigenvalue weighted by molar-refractivity contribution is 9.08. The lowest BCUT2D eigenvalue weighted by atomic mass is 10.1. The van der Waals surface area contributed by atoms with Gasteiger partial charge in [0.25, 0.3) is 0 Å². The number of halogens is 1. The fourth-order valence-corrected chi connectivity index (χ4v) is 1.97. The molecule has 0 aliphatic rings. The number of alkyl halides is 1. The van der Waals surface area contributed by atoms with Gasteiger partial charge in [0, 0.05) is 10.2 Å². The van der Waals surface area contributed by atoms with Crippen LogP contribution in [-0.2, 0) is 10.1 Å². The molecule has 0 amide bonds. The summed E-state index contributed by atoms with van der Waals surface area (Å²) >= 11 is 7.44. The Labute approximate surface area is 108 Å². The van der Waals surface area contributed by atoms with Crippen molar-refractivity contribution >= 4 is 34.5 Å². The van der Waals surface area contributed by atoms with Crippen molar-refractivity contribution in [1.82, 2.24) is 0 Å². The standard InChI is InChI=1S/C11H10BrNO2S/c1-2-15-11(14)9-3-7(5-12)8(6-13)4-10(9)16/h3-4,16H,2,5H2,1H3. The number of carbonyl (C=O) groups excluding carboxylic acids is 1. The Bertz CT molecular complexity index is 454. The molecule has 0 radical (unpaired) electrons. The highest BCUT2D eigenvalue weighted by atomic mass is 79.9. The monoisotopic (exact) mass is 299 g/mol. The Morgan fingerprint density at radius 1 is 1.62 bits per heavy atom. The number of carbonyl (C=O) groups is 1. The average Bonchev–Trinajstić information content (AvgIpc) is 2.28. The molecule has 0 heterocycles. The molecule has 0 bridgehead atoms. The van der Waals surface area contributed by atoms with Crippen LogP contribution in [0, 0.1) is 11.3 Å². The molecule has 0 spiro atoms. The number of ether oxygens (including phenoxy) is 1. The predicted octanol–water partition coefficient (Wildman–Crippen LogP) is 2.92. The number of rotatable bonds is 3. The molecular formula is C11H10BrNO2S. The third-order valence-corrected chi connectivity index (χ3v) is 2.96. The number of hydrogen-bond acceptors (Lipinski definition) is 4. The molecule has 5 heteroatoms. The van der Waals surface area contributed by atoms with E-state index in [9.17, 15) is 4.79 Å². The fraction of sp³-hybridized carbons (Fsp3) is 0.273. The van der Waals surface area contributed by atoms with Crippen molar-refractivity contribution in [3.8, 4) is 6.07 Å². The summed E-state index contributed by atoms with van der Waals surface area (Å²) in [6.45, 7) is 2.06. The summed E-state index contributed by atoms with van der Waals surface area (Å²) in [5, 5.41) is 9.40. The predicted molar refractivity (Wildman–Crippen MR) is 67.0 cm³/mol. The maximum Gasteiger partial charge on any atom is 0.339 e. The van der Waals surface area contributed by atoms with Gasteiger partial charge >= 0.3 is 5.97 Å². The van der Waals surface area contributed by atoms with Gasteiger partial charge < -0.3 is 4.74 Å². The highest BCUT2D eigenvalue weighted by Crippen LogP contribution is 2.22. The first kappa shape index (κ1) is 13.1. The first-order valence-corrected chi connectivity index (χ1v) is 6.20. The van der Waals surface area contributed by atoms with Crippen LogP contribution in [0.25, 0.3) is 0 Å². The van der Waals surface area contributed by atoms with Crippen LogP contribution in [0.1, 0.15) is 28.4 Å². The van der Waals surface area contributed by atoms with Crippen LogP contribution in [0.15, 0.2) is 17.0 Å². The first-order chi connectivity index (χ1) is 7.63. The van der Waals surface area contributed by atoms with Crippen molar-refractivity contribution < 1.29 is 9.53 Å². The molecule has 0 atom stereocenters. The molecule has 0 saturated carbocycles. The van der Waals surface area contributed by atoms with Crippen molar-refractivity contribution in [3.05, 3.63) is 28.8 Å². The van der Waals surface area contributed by atoms with Gasteiger partial charge in [-0.05, 0) is 24.6 Å². The van der Waals surface area contributed by atoms with E-state index >= 15 is 0 Å². The summed E-state index contributed by atoms with van der Waals surface area (Å²) in [6, 6.07) is 5.26. The Kier molecular flexibility index (Phi) is 4.84. The zero-order valence-corrected chi connectivity index (χ0v) is 11.1. The van der Waals surface area contributed by atoms with Gasteiger partial charge in [-0.1, -0.05) is 15.9 Å². The largest absolute Gasteiger partial charge is 0.462 e. The van der Waals surface area contributed by atoms with Crippen molar-refractivity contribution in [1.29, 1.82) is 5.26 Å². The number of hydrogen-bond donors (Lipinski definition) is 1. The molecule has 84 valence electrons. The smallest absolute Gasteiger partial charge is 0.339 e. The van der Waals surface area contributed by atoms with Crippen LogP contribution in [0.4, 0.5) is 0 Å². The lowest BCUT2D eigenvalue weighted by molar-refractivity contribution is 0.0522. The maximum absolute atomic E-state index is 11.6. The van der Waals surface area contributed by atoms with Crippen LogP contribution in [0.2, 0.25) is 0 Å². The second kappa shape index (κ2) is 5.92. The normalized spacial score (nSPS) is 9.62. The summed E-state index contributed by atoms with van der Waals surface area (Å²) in [7, 11) is 0. The third kappa shape index (κ3) is 2.77. The molecule has 16 heavy (non-hydrogen) atoms. The SMILES string of the molecule is CCOC(=O)c1cc(CBr)c(C#N)cc1S. The van der Waals surface area contributed by atoms with Gasteiger partial charge in [-0.3, -0.25) is 0 Å². The van der Waals surface area contributed by atoms with Crippen LogP contribution < -0.4 is 0 Å². The molecule has 0 fully saturated rings. The minimum atomic E-state index is -0.417. The Morgan fingerprint density at radius 2 is 2.31 bits per heavy atom. The van der Waals surface area contributed by atoms with Crippen LogP contribution >= 0.6 is 28.6 Å². The summed E-state index contributed by atoms with van der Waals surface area (Å²) < 4.78 is 4.90. The Morgan fingerprint density at radius 3 is 2.81 bits per heavy atom. The Balaban J connectivity index is 3.22. The number of esters is 1. The van der Waals surface area contributed by atoms with Gasteiger partial charge in [0.2, 0.25) is 0 Å². The van der Waals surface area contributed by atoms with Gasteiger partial charge in [0.15, 0.2) is 0 Å². The molecule has 0 aliphatic carbocycles. The average molecular weight is 300 g/mol. The molecule has 0 saturated heterocycles. The fourth-order valence-electron chi connectivity index (χ4n) is 1.22. The van der Waals surface area contributed by atoms with Crippen LogP contribution in [0.3, 0.4) is 0 Å². The van der Waals surface area contributed by atoms with E-state index in [0.29, 0.717) is 28.0 Å². The summed E-state index contributed by atoms with van der Waals surface area (Å²) in [5.41, 5.74) is 1.65. The molecule has 0 aliphatic heterocycles. The van der Waals surface area contributed by atoms with Gasteiger partial charge in [-0.25, -0.2) is 4.79 Å². The van der Waals surface area contributed by atoms with Gasteiger partial charge in [0.1, 0.15) is 0 Å².